The molecule has 1 fully saturated rings. The topological polar surface area (TPSA) is 37.2 Å². The molecule has 1 aliphatic rings. The molecule has 2 heterocycles. The van der Waals surface area contributed by atoms with Crippen molar-refractivity contribution in [2.45, 2.75) is 25.6 Å². The average molecular weight is 421 g/mol. The Labute approximate surface area is 171 Å². The molecule has 0 aliphatic carbocycles. The molecular weight excluding hydrogens is 398 g/mol. The van der Waals surface area contributed by atoms with Crippen LogP contribution in [0.3, 0.4) is 0 Å². The van der Waals surface area contributed by atoms with E-state index in [2.05, 4.69) is 15.2 Å². The van der Waals surface area contributed by atoms with E-state index in [1.807, 2.05) is 4.90 Å². The van der Waals surface area contributed by atoms with Gasteiger partial charge in [0.05, 0.1) is 11.1 Å². The lowest BCUT2D eigenvalue weighted by Crippen LogP contribution is -2.46. The van der Waals surface area contributed by atoms with E-state index in [4.69, 9.17) is 0 Å². The summed E-state index contributed by atoms with van der Waals surface area (Å²) in [6.07, 6.45) is -2.47. The summed E-state index contributed by atoms with van der Waals surface area (Å²) < 4.78 is 53.9. The lowest BCUT2D eigenvalue weighted by Gasteiger charge is -2.36. The van der Waals surface area contributed by atoms with Crippen LogP contribution in [-0.2, 0) is 12.7 Å². The lowest BCUT2D eigenvalue weighted by molar-refractivity contribution is -0.137. The second-order valence-electron chi connectivity index (χ2n) is 7.53. The number of nitrogens with zero attached hydrogens (tertiary/aromatic N) is 5. The number of rotatable bonds is 6. The summed E-state index contributed by atoms with van der Waals surface area (Å²) in [5.74, 6) is -0.301. The molecule has 0 spiro atoms. The van der Waals surface area contributed by atoms with Gasteiger partial charge in [-0.05, 0) is 49.7 Å². The van der Waals surface area contributed by atoms with E-state index in [0.29, 0.717) is 36.4 Å². The zero-order chi connectivity index (χ0) is 21.1. The van der Waals surface area contributed by atoms with Crippen LogP contribution >= 0.6 is 0 Å². The van der Waals surface area contributed by atoms with Gasteiger partial charge in [0, 0.05) is 44.5 Å². The summed E-state index contributed by atoms with van der Waals surface area (Å²) in [6.45, 7) is 4.62. The molecule has 0 N–H and O–H groups in total. The second kappa shape index (κ2) is 8.59. The van der Waals surface area contributed by atoms with Crippen LogP contribution < -0.4 is 4.90 Å². The summed E-state index contributed by atoms with van der Waals surface area (Å²) >= 11 is 0. The van der Waals surface area contributed by atoms with Crippen molar-refractivity contribution in [1.29, 1.82) is 0 Å². The number of alkyl halides is 3. The average Bonchev–Trinajstić information content (AvgIpc) is 3.13. The molecule has 0 atom stereocenters. The normalized spacial score (nSPS) is 15.8. The Morgan fingerprint density at radius 3 is 2.43 bits per heavy atom. The van der Waals surface area contributed by atoms with E-state index in [0.717, 1.165) is 38.5 Å². The summed E-state index contributed by atoms with van der Waals surface area (Å²) in [4.78, 5) is 4.32. The molecule has 1 aliphatic heterocycles. The predicted molar refractivity (Wildman–Crippen MR) is 107 cm³/mol. The van der Waals surface area contributed by atoms with Crippen LogP contribution in [0.25, 0.3) is 11.0 Å². The van der Waals surface area contributed by atoms with Gasteiger partial charge in [0.15, 0.2) is 0 Å². The molecule has 0 amide bonds. The molecule has 1 aromatic heterocycles. The number of benzene rings is 2. The van der Waals surface area contributed by atoms with Gasteiger partial charge in [-0.3, -0.25) is 4.90 Å². The van der Waals surface area contributed by atoms with Crippen LogP contribution in [0.4, 0.5) is 23.2 Å². The van der Waals surface area contributed by atoms with E-state index in [1.165, 1.54) is 24.3 Å². The molecule has 2 aromatic carbocycles. The number of unbranched alkanes of at least 4 members (excludes halogenated alkanes) is 1. The first-order valence-electron chi connectivity index (χ1n) is 10.0. The van der Waals surface area contributed by atoms with Crippen molar-refractivity contribution in [1.82, 2.24) is 19.9 Å². The first kappa shape index (κ1) is 20.6. The zero-order valence-corrected chi connectivity index (χ0v) is 16.4. The van der Waals surface area contributed by atoms with E-state index < -0.39 is 11.7 Å². The molecule has 4 rings (SSSR count). The highest BCUT2D eigenvalue weighted by atomic mass is 19.4. The van der Waals surface area contributed by atoms with Crippen molar-refractivity contribution in [3.8, 4) is 0 Å². The molecule has 0 unspecified atom stereocenters. The first-order valence-corrected chi connectivity index (χ1v) is 10.0. The number of aromatic nitrogens is 3. The van der Waals surface area contributed by atoms with Crippen LogP contribution in [0, 0.1) is 5.82 Å². The van der Waals surface area contributed by atoms with Crippen molar-refractivity contribution in [3.63, 3.8) is 0 Å². The van der Waals surface area contributed by atoms with Crippen molar-refractivity contribution in [2.75, 3.05) is 37.6 Å². The SMILES string of the molecule is Fc1ccc2nnn(CCCCN3CCN(c4cccc(C(F)(F)F)c4)CC3)c2c1. The van der Waals surface area contributed by atoms with Crippen molar-refractivity contribution < 1.29 is 17.6 Å². The van der Waals surface area contributed by atoms with Crippen molar-refractivity contribution >= 4 is 16.7 Å². The van der Waals surface area contributed by atoms with Gasteiger partial charge in [-0.2, -0.15) is 13.2 Å². The molecule has 0 saturated carbocycles. The molecule has 30 heavy (non-hydrogen) atoms. The van der Waals surface area contributed by atoms with Crippen LogP contribution in [0.2, 0.25) is 0 Å². The Morgan fingerprint density at radius 2 is 1.67 bits per heavy atom. The van der Waals surface area contributed by atoms with Gasteiger partial charge in [-0.25, -0.2) is 9.07 Å². The largest absolute Gasteiger partial charge is 0.416 e. The molecule has 0 bridgehead atoms. The van der Waals surface area contributed by atoms with Gasteiger partial charge in [-0.15, -0.1) is 5.10 Å². The summed E-state index contributed by atoms with van der Waals surface area (Å²) in [5.41, 5.74) is 1.39. The molecule has 1 saturated heterocycles. The van der Waals surface area contributed by atoms with Crippen LogP contribution in [0.1, 0.15) is 18.4 Å². The number of hydrogen-bond donors (Lipinski definition) is 0. The highest BCUT2D eigenvalue weighted by Crippen LogP contribution is 2.31. The van der Waals surface area contributed by atoms with E-state index in [-0.39, 0.29) is 5.82 Å². The Morgan fingerprint density at radius 1 is 0.900 bits per heavy atom. The van der Waals surface area contributed by atoms with Crippen LogP contribution in [0.5, 0.6) is 0 Å². The van der Waals surface area contributed by atoms with Gasteiger partial charge in [0.1, 0.15) is 11.3 Å². The standard InChI is InChI=1S/C21H23F4N5/c22-17-6-7-19-20(15-17)30(27-26-19)9-2-1-8-28-10-12-29(13-11-28)18-5-3-4-16(14-18)21(23,24)25/h3-7,14-15H,1-2,8-13H2. The Kier molecular flexibility index (Phi) is 5.90. The van der Waals surface area contributed by atoms with Gasteiger partial charge in [0.25, 0.3) is 0 Å². The zero-order valence-electron chi connectivity index (χ0n) is 16.4. The van der Waals surface area contributed by atoms with Gasteiger partial charge in [-0.1, -0.05) is 11.3 Å². The Bertz CT molecular complexity index is 992. The minimum absolute atomic E-state index is 0.301. The molecular formula is C21H23F4N5. The second-order valence-corrected chi connectivity index (χ2v) is 7.53. The van der Waals surface area contributed by atoms with Gasteiger partial charge in [0.2, 0.25) is 0 Å². The quantitative estimate of drug-likeness (QED) is 0.442. The van der Waals surface area contributed by atoms with Gasteiger partial charge >= 0.3 is 6.18 Å². The maximum Gasteiger partial charge on any atom is 0.416 e. The lowest BCUT2D eigenvalue weighted by atomic mass is 10.1. The fourth-order valence-corrected chi connectivity index (χ4v) is 3.81. The van der Waals surface area contributed by atoms with E-state index in [9.17, 15) is 17.6 Å². The minimum Gasteiger partial charge on any atom is -0.369 e. The number of fused-ring (bicyclic) bond motifs is 1. The minimum atomic E-state index is -4.32. The summed E-state index contributed by atoms with van der Waals surface area (Å²) in [5, 5.41) is 8.13. The number of aryl methyl sites for hydroxylation is 1. The predicted octanol–water partition coefficient (Wildman–Crippen LogP) is 4.19. The maximum atomic E-state index is 13.4. The van der Waals surface area contributed by atoms with Crippen LogP contribution in [-0.4, -0.2) is 52.6 Å². The van der Waals surface area contributed by atoms with Gasteiger partial charge < -0.3 is 4.90 Å². The fourth-order valence-electron chi connectivity index (χ4n) is 3.81. The molecule has 9 heteroatoms. The number of piperazine rings is 1. The smallest absolute Gasteiger partial charge is 0.369 e. The third kappa shape index (κ3) is 4.72. The van der Waals surface area contributed by atoms with Crippen molar-refractivity contribution in [2.24, 2.45) is 0 Å². The van der Waals surface area contributed by atoms with E-state index >= 15 is 0 Å². The highest BCUT2D eigenvalue weighted by Gasteiger charge is 2.31. The molecule has 3 aromatic rings. The Balaban J connectivity index is 1.23. The number of hydrogen-bond acceptors (Lipinski definition) is 4. The third-order valence-corrected chi connectivity index (χ3v) is 5.48. The fraction of sp³-hybridized carbons (Fsp3) is 0.429. The third-order valence-electron chi connectivity index (χ3n) is 5.48. The summed E-state index contributed by atoms with van der Waals surface area (Å²) in [7, 11) is 0. The van der Waals surface area contributed by atoms with E-state index in [1.54, 1.807) is 16.8 Å². The highest BCUT2D eigenvalue weighted by molar-refractivity contribution is 5.74. The first-order chi connectivity index (χ1) is 14.4. The summed E-state index contributed by atoms with van der Waals surface area (Å²) in [6, 6.07) is 9.97. The molecule has 5 nitrogen and oxygen atoms in total. The Hall–Kier alpha value is -2.68. The van der Waals surface area contributed by atoms with Crippen molar-refractivity contribution in [3.05, 3.63) is 53.8 Å². The molecule has 160 valence electrons. The van der Waals surface area contributed by atoms with Crippen LogP contribution in [0.15, 0.2) is 42.5 Å². The number of anilines is 1. The maximum absolute atomic E-state index is 13.4. The monoisotopic (exact) mass is 421 g/mol. The number of halogens is 4. The molecule has 0 radical (unpaired) electrons.